The van der Waals surface area contributed by atoms with Crippen LogP contribution in [0.3, 0.4) is 0 Å². The maximum absolute atomic E-state index is 13.2. The molecule has 0 heterocycles. The molecule has 1 aromatic carbocycles. The molecule has 0 aromatic heterocycles. The first-order valence-electron chi connectivity index (χ1n) is 5.21. The van der Waals surface area contributed by atoms with E-state index in [1.165, 1.54) is 19.2 Å². The summed E-state index contributed by atoms with van der Waals surface area (Å²) in [4.78, 5) is 21.5. The molecule has 1 unspecified atom stereocenters. The number of aliphatic hydroxyl groups is 1. The zero-order valence-corrected chi connectivity index (χ0v) is 9.72. The van der Waals surface area contributed by atoms with Gasteiger partial charge in [0.1, 0.15) is 5.82 Å². The second kappa shape index (κ2) is 6.11. The van der Waals surface area contributed by atoms with Gasteiger partial charge in [-0.05, 0) is 29.7 Å². The molecule has 1 aromatic rings. The number of carboxylic acids is 1. The second-order valence-electron chi connectivity index (χ2n) is 3.71. The Morgan fingerprint density at radius 3 is 2.61 bits per heavy atom. The summed E-state index contributed by atoms with van der Waals surface area (Å²) in [5, 5.41) is 17.9. The number of benzene rings is 1. The van der Waals surface area contributed by atoms with E-state index >= 15 is 0 Å². The van der Waals surface area contributed by atoms with Gasteiger partial charge in [0, 0.05) is 6.42 Å². The standard InChI is InChI=1S/C12H13FO5/c1-18-10(14)3-2-7-4-8(6-9(13)5-7)11(15)12(16)17/h4-6,11,15H,2-3H2,1H3,(H,16,17). The lowest BCUT2D eigenvalue weighted by Gasteiger charge is -2.08. The number of ether oxygens (including phenoxy) is 1. The Labute approximate surface area is 103 Å². The number of aryl methyl sites for hydroxylation is 1. The van der Waals surface area contributed by atoms with Gasteiger partial charge in [-0.2, -0.15) is 0 Å². The average molecular weight is 256 g/mol. The van der Waals surface area contributed by atoms with Crippen LogP contribution in [0.1, 0.15) is 23.7 Å². The largest absolute Gasteiger partial charge is 0.479 e. The number of methoxy groups -OCH3 is 1. The molecule has 0 fully saturated rings. The minimum atomic E-state index is -1.78. The summed E-state index contributed by atoms with van der Waals surface area (Å²) in [5.41, 5.74) is 0.373. The summed E-state index contributed by atoms with van der Waals surface area (Å²) in [6.45, 7) is 0. The van der Waals surface area contributed by atoms with Crippen molar-refractivity contribution >= 4 is 11.9 Å². The molecule has 2 N–H and O–H groups in total. The van der Waals surface area contributed by atoms with Crippen molar-refractivity contribution in [2.45, 2.75) is 18.9 Å². The van der Waals surface area contributed by atoms with Crippen molar-refractivity contribution in [2.75, 3.05) is 7.11 Å². The molecule has 0 aliphatic rings. The lowest BCUT2D eigenvalue weighted by molar-refractivity contribution is -0.147. The van der Waals surface area contributed by atoms with Gasteiger partial charge in [-0.25, -0.2) is 9.18 Å². The Morgan fingerprint density at radius 1 is 1.39 bits per heavy atom. The van der Waals surface area contributed by atoms with E-state index in [-0.39, 0.29) is 18.4 Å². The van der Waals surface area contributed by atoms with Crippen LogP contribution in [0.2, 0.25) is 0 Å². The van der Waals surface area contributed by atoms with E-state index in [1.54, 1.807) is 0 Å². The van der Waals surface area contributed by atoms with Gasteiger partial charge in [0.2, 0.25) is 0 Å². The van der Waals surface area contributed by atoms with Gasteiger partial charge < -0.3 is 14.9 Å². The zero-order valence-electron chi connectivity index (χ0n) is 9.72. The quantitative estimate of drug-likeness (QED) is 0.769. The molecule has 0 aliphatic heterocycles. The van der Waals surface area contributed by atoms with E-state index < -0.39 is 23.9 Å². The first kappa shape index (κ1) is 14.1. The molecular formula is C12H13FO5. The first-order chi connectivity index (χ1) is 8.43. The van der Waals surface area contributed by atoms with E-state index in [1.807, 2.05) is 0 Å². The number of carbonyl (C=O) groups is 2. The molecule has 0 amide bonds. The molecule has 0 aliphatic carbocycles. The van der Waals surface area contributed by atoms with Crippen molar-refractivity contribution < 1.29 is 28.9 Å². The van der Waals surface area contributed by atoms with Crippen LogP contribution in [0.25, 0.3) is 0 Å². The molecule has 0 bridgehead atoms. The third-order valence-electron chi connectivity index (χ3n) is 2.38. The SMILES string of the molecule is COC(=O)CCc1cc(F)cc(C(O)C(=O)O)c1. The van der Waals surface area contributed by atoms with E-state index in [9.17, 15) is 19.1 Å². The maximum Gasteiger partial charge on any atom is 0.337 e. The van der Waals surface area contributed by atoms with E-state index in [0.717, 1.165) is 6.07 Å². The molecule has 5 nitrogen and oxygen atoms in total. The van der Waals surface area contributed by atoms with Gasteiger partial charge in [0.15, 0.2) is 6.10 Å². The average Bonchev–Trinajstić information content (AvgIpc) is 2.34. The van der Waals surface area contributed by atoms with Crippen LogP contribution in [0.4, 0.5) is 4.39 Å². The molecule has 1 rings (SSSR count). The van der Waals surface area contributed by atoms with Crippen molar-refractivity contribution in [3.63, 3.8) is 0 Å². The lowest BCUT2D eigenvalue weighted by Crippen LogP contribution is -2.11. The Morgan fingerprint density at radius 2 is 2.06 bits per heavy atom. The lowest BCUT2D eigenvalue weighted by atomic mass is 10.0. The molecule has 0 radical (unpaired) electrons. The van der Waals surface area contributed by atoms with Crippen molar-refractivity contribution in [1.82, 2.24) is 0 Å². The number of aliphatic carboxylic acids is 1. The predicted molar refractivity (Wildman–Crippen MR) is 59.3 cm³/mol. The van der Waals surface area contributed by atoms with E-state index in [0.29, 0.717) is 5.56 Å². The third kappa shape index (κ3) is 3.81. The van der Waals surface area contributed by atoms with Crippen LogP contribution in [0.15, 0.2) is 18.2 Å². The summed E-state index contributed by atoms with van der Waals surface area (Å²) >= 11 is 0. The number of halogens is 1. The molecular weight excluding hydrogens is 243 g/mol. The normalized spacial score (nSPS) is 11.9. The highest BCUT2D eigenvalue weighted by Crippen LogP contribution is 2.18. The van der Waals surface area contributed by atoms with Gasteiger partial charge >= 0.3 is 11.9 Å². The van der Waals surface area contributed by atoms with Crippen LogP contribution in [0, 0.1) is 5.82 Å². The summed E-state index contributed by atoms with van der Waals surface area (Å²) in [7, 11) is 1.24. The van der Waals surface area contributed by atoms with Gasteiger partial charge in [-0.3, -0.25) is 4.79 Å². The van der Waals surface area contributed by atoms with Gasteiger partial charge in [0.05, 0.1) is 7.11 Å². The number of esters is 1. The molecule has 18 heavy (non-hydrogen) atoms. The molecule has 0 saturated heterocycles. The molecule has 0 spiro atoms. The number of hydrogen-bond acceptors (Lipinski definition) is 4. The summed E-state index contributed by atoms with van der Waals surface area (Å²) < 4.78 is 17.7. The summed E-state index contributed by atoms with van der Waals surface area (Å²) in [5.74, 6) is -2.56. The van der Waals surface area contributed by atoms with Gasteiger partial charge in [-0.15, -0.1) is 0 Å². The number of carboxylic acid groups (broad SMARTS) is 1. The fourth-order valence-electron chi connectivity index (χ4n) is 1.47. The Hall–Kier alpha value is -1.95. The number of hydrogen-bond donors (Lipinski definition) is 2. The monoisotopic (exact) mass is 256 g/mol. The minimum absolute atomic E-state index is 0.0534. The smallest absolute Gasteiger partial charge is 0.337 e. The van der Waals surface area contributed by atoms with Crippen molar-refractivity contribution in [1.29, 1.82) is 0 Å². The van der Waals surface area contributed by atoms with Crippen LogP contribution in [-0.2, 0) is 20.7 Å². The fourth-order valence-corrected chi connectivity index (χ4v) is 1.47. The summed E-state index contributed by atoms with van der Waals surface area (Å²) in [6.07, 6.45) is -1.51. The highest BCUT2D eigenvalue weighted by molar-refractivity contribution is 5.74. The minimum Gasteiger partial charge on any atom is -0.479 e. The molecule has 98 valence electrons. The Bertz CT molecular complexity index is 458. The van der Waals surface area contributed by atoms with Crippen LogP contribution in [-0.4, -0.2) is 29.3 Å². The predicted octanol–water partition coefficient (Wildman–Crippen LogP) is 1.05. The number of carbonyl (C=O) groups excluding carboxylic acids is 1. The zero-order chi connectivity index (χ0) is 13.7. The number of rotatable bonds is 5. The highest BCUT2D eigenvalue weighted by Gasteiger charge is 2.17. The summed E-state index contributed by atoms with van der Waals surface area (Å²) in [6, 6.07) is 3.48. The Balaban J connectivity index is 2.87. The van der Waals surface area contributed by atoms with Crippen LogP contribution < -0.4 is 0 Å². The van der Waals surface area contributed by atoms with Crippen LogP contribution in [0.5, 0.6) is 0 Å². The topological polar surface area (TPSA) is 83.8 Å². The Kier molecular flexibility index (Phi) is 4.79. The van der Waals surface area contributed by atoms with Crippen molar-refractivity contribution in [3.05, 3.63) is 35.1 Å². The van der Waals surface area contributed by atoms with Crippen molar-refractivity contribution in [3.8, 4) is 0 Å². The second-order valence-corrected chi connectivity index (χ2v) is 3.71. The third-order valence-corrected chi connectivity index (χ3v) is 2.38. The van der Waals surface area contributed by atoms with E-state index in [4.69, 9.17) is 5.11 Å². The van der Waals surface area contributed by atoms with Crippen LogP contribution >= 0.6 is 0 Å². The van der Waals surface area contributed by atoms with Crippen molar-refractivity contribution in [2.24, 2.45) is 0 Å². The number of aliphatic hydroxyl groups excluding tert-OH is 1. The highest BCUT2D eigenvalue weighted by atomic mass is 19.1. The molecule has 0 saturated carbocycles. The first-order valence-corrected chi connectivity index (χ1v) is 5.21. The molecule has 6 heteroatoms. The fraction of sp³-hybridized carbons (Fsp3) is 0.333. The maximum atomic E-state index is 13.2. The molecule has 1 atom stereocenters. The van der Waals surface area contributed by atoms with E-state index in [2.05, 4.69) is 4.74 Å². The van der Waals surface area contributed by atoms with Gasteiger partial charge in [0.25, 0.3) is 0 Å². The van der Waals surface area contributed by atoms with Gasteiger partial charge in [-0.1, -0.05) is 6.07 Å².